The number of anilines is 1. The molecule has 0 spiro atoms. The molecule has 0 saturated carbocycles. The molecule has 4 N–H and O–H groups in total. The summed E-state index contributed by atoms with van der Waals surface area (Å²) >= 11 is 0. The molecule has 2 heterocycles. The van der Waals surface area contributed by atoms with Crippen molar-refractivity contribution in [3.05, 3.63) is 0 Å². The number of aromatic amines is 2. The van der Waals surface area contributed by atoms with Crippen molar-refractivity contribution in [3.8, 4) is 0 Å². The van der Waals surface area contributed by atoms with Crippen LogP contribution in [0.5, 0.6) is 0 Å². The second-order valence-corrected chi connectivity index (χ2v) is 1.63. The first-order valence-electron chi connectivity index (χ1n) is 2.38. The fourth-order valence-electron chi connectivity index (χ4n) is 0.654. The molecule has 0 aliphatic carbocycles. The minimum Gasteiger partial charge on any atom is -0.380 e. The second kappa shape index (κ2) is 1.22. The molecule has 2 aromatic heterocycles. The number of H-pyrrole nitrogens is 2. The van der Waals surface area contributed by atoms with Crippen molar-refractivity contribution in [1.29, 1.82) is 0 Å². The minimum atomic E-state index is 0.374. The van der Waals surface area contributed by atoms with Gasteiger partial charge < -0.3 is 5.73 Å². The lowest BCUT2D eigenvalue weighted by Crippen LogP contribution is -1.85. The van der Waals surface area contributed by atoms with Gasteiger partial charge in [0.2, 0.25) is 0 Å². The molecule has 9 heavy (non-hydrogen) atoms. The van der Waals surface area contributed by atoms with Gasteiger partial charge in [0.1, 0.15) is 0 Å². The molecule has 0 aromatic carbocycles. The zero-order valence-corrected chi connectivity index (χ0v) is 4.42. The summed E-state index contributed by atoms with van der Waals surface area (Å²) in [6.45, 7) is 0. The predicted molar refractivity (Wildman–Crippen MR) is 30.4 cm³/mol. The first kappa shape index (κ1) is 4.30. The van der Waals surface area contributed by atoms with E-state index < -0.39 is 0 Å². The summed E-state index contributed by atoms with van der Waals surface area (Å²) in [6.07, 6.45) is 0. The fourth-order valence-corrected chi connectivity index (χ4v) is 0.654. The van der Waals surface area contributed by atoms with Crippen molar-refractivity contribution in [3.63, 3.8) is 0 Å². The van der Waals surface area contributed by atoms with Crippen LogP contribution in [-0.2, 0) is 0 Å². The average molecular weight is 124 g/mol. The summed E-state index contributed by atoms with van der Waals surface area (Å²) in [7, 11) is 0. The van der Waals surface area contributed by atoms with Crippen LogP contribution in [0.4, 0.5) is 5.82 Å². The quantitative estimate of drug-likeness (QED) is 0.431. The molecule has 0 bridgehead atoms. The Balaban J connectivity index is 2.99. The van der Waals surface area contributed by atoms with Crippen LogP contribution in [0.2, 0.25) is 0 Å². The summed E-state index contributed by atoms with van der Waals surface area (Å²) in [5, 5.41) is 16.1. The lowest BCUT2D eigenvalue weighted by atomic mass is 10.6. The number of rotatable bonds is 0. The van der Waals surface area contributed by atoms with Crippen LogP contribution < -0.4 is 5.73 Å². The number of aromatic nitrogens is 5. The Labute approximate surface area is 49.4 Å². The zero-order valence-electron chi connectivity index (χ0n) is 4.42. The van der Waals surface area contributed by atoms with Crippen LogP contribution >= 0.6 is 0 Å². The van der Waals surface area contributed by atoms with Gasteiger partial charge in [0.05, 0.1) is 0 Å². The highest BCUT2D eigenvalue weighted by Gasteiger charge is 2.03. The Morgan fingerprint density at radius 1 is 1.22 bits per heavy atom. The summed E-state index contributed by atoms with van der Waals surface area (Å²) in [6, 6.07) is 0. The fraction of sp³-hybridized carbons (Fsp3) is 0. The molecule has 2 rings (SSSR count). The van der Waals surface area contributed by atoms with E-state index in [1.807, 2.05) is 0 Å². The summed E-state index contributed by atoms with van der Waals surface area (Å²) in [5.74, 6) is 0.374. The molecule has 2 aromatic rings. The third-order valence-electron chi connectivity index (χ3n) is 1.07. The summed E-state index contributed by atoms with van der Waals surface area (Å²) < 4.78 is 0. The molecule has 0 fully saturated rings. The molecule has 0 radical (unpaired) electrons. The Kier molecular flexibility index (Phi) is 0.583. The monoisotopic (exact) mass is 124 g/mol. The maximum absolute atomic E-state index is 5.36. The summed E-state index contributed by atoms with van der Waals surface area (Å²) in [4.78, 5) is 0. The zero-order chi connectivity index (χ0) is 6.27. The number of nitrogens with two attached hydrogens (primary N) is 1. The first-order valence-corrected chi connectivity index (χ1v) is 2.38. The second-order valence-electron chi connectivity index (χ2n) is 1.63. The van der Waals surface area contributed by atoms with Crippen molar-refractivity contribution in [2.45, 2.75) is 0 Å². The highest BCUT2D eigenvalue weighted by molar-refractivity contribution is 5.80. The van der Waals surface area contributed by atoms with E-state index in [-0.39, 0.29) is 0 Å². The predicted octanol–water partition coefficient (Wildman–Crippen LogP) is -0.737. The van der Waals surface area contributed by atoms with Crippen molar-refractivity contribution in [2.75, 3.05) is 5.73 Å². The summed E-state index contributed by atoms with van der Waals surface area (Å²) in [5.41, 5.74) is 6.54. The average Bonchev–Trinajstić information content (AvgIpc) is 2.35. The van der Waals surface area contributed by atoms with E-state index in [4.69, 9.17) is 5.73 Å². The van der Waals surface area contributed by atoms with E-state index in [1.54, 1.807) is 0 Å². The Hall–Kier alpha value is -1.59. The highest BCUT2D eigenvalue weighted by Crippen LogP contribution is 2.08. The van der Waals surface area contributed by atoms with E-state index >= 15 is 0 Å². The van der Waals surface area contributed by atoms with Gasteiger partial charge in [-0.15, -0.1) is 5.10 Å². The van der Waals surface area contributed by atoms with Crippen LogP contribution in [0.3, 0.4) is 0 Å². The Morgan fingerprint density at radius 3 is 2.89 bits per heavy atom. The molecule has 6 heteroatoms. The molecule has 0 aliphatic heterocycles. The highest BCUT2D eigenvalue weighted by atomic mass is 15.4. The molecule has 6 nitrogen and oxygen atoms in total. The minimum absolute atomic E-state index is 0.374. The van der Waals surface area contributed by atoms with E-state index in [1.165, 1.54) is 0 Å². The van der Waals surface area contributed by atoms with Gasteiger partial charge >= 0.3 is 0 Å². The smallest absolute Gasteiger partial charge is 0.199 e. The van der Waals surface area contributed by atoms with Crippen molar-refractivity contribution in [2.24, 2.45) is 0 Å². The number of nitrogens with one attached hydrogen (secondary N) is 2. The largest absolute Gasteiger partial charge is 0.380 e. The standard InChI is InChI=1S/C3H4N6/c4-2-1-3(7-6-2)8-9-5-1/h(H4,4,5,6,7,8,9). The number of fused-ring (bicyclic) bond motifs is 1. The van der Waals surface area contributed by atoms with Crippen LogP contribution in [-0.4, -0.2) is 25.6 Å². The van der Waals surface area contributed by atoms with Crippen LogP contribution in [0.15, 0.2) is 0 Å². The maximum atomic E-state index is 5.36. The Bertz CT molecular complexity index is 317. The van der Waals surface area contributed by atoms with Gasteiger partial charge in [-0.1, -0.05) is 0 Å². The van der Waals surface area contributed by atoms with E-state index in [2.05, 4.69) is 25.6 Å². The van der Waals surface area contributed by atoms with Gasteiger partial charge in [-0.3, -0.25) is 5.10 Å². The molecular weight excluding hydrogens is 120 g/mol. The number of hydrogen-bond donors (Lipinski definition) is 3. The van der Waals surface area contributed by atoms with Crippen LogP contribution in [0.25, 0.3) is 11.2 Å². The molecule has 0 unspecified atom stereocenters. The van der Waals surface area contributed by atoms with Gasteiger partial charge in [0, 0.05) is 0 Å². The van der Waals surface area contributed by atoms with Gasteiger partial charge in [-0.25, -0.2) is 0 Å². The number of nitrogens with zero attached hydrogens (tertiary/aromatic N) is 3. The van der Waals surface area contributed by atoms with Crippen molar-refractivity contribution < 1.29 is 0 Å². The number of hydrogen-bond acceptors (Lipinski definition) is 4. The maximum Gasteiger partial charge on any atom is 0.199 e. The number of nitrogen functional groups attached to an aromatic ring is 1. The Morgan fingerprint density at radius 2 is 2.11 bits per heavy atom. The molecule has 46 valence electrons. The molecular formula is C3H4N6. The van der Waals surface area contributed by atoms with Gasteiger partial charge in [0.15, 0.2) is 17.0 Å². The first-order chi connectivity index (χ1) is 4.38. The normalized spacial score (nSPS) is 10.7. The SMILES string of the molecule is Nc1n[nH]c2n[nH]nc12. The van der Waals surface area contributed by atoms with Gasteiger partial charge in [-0.05, 0) is 0 Å². The van der Waals surface area contributed by atoms with Gasteiger partial charge in [-0.2, -0.15) is 15.4 Å². The third kappa shape index (κ3) is 0.411. The van der Waals surface area contributed by atoms with E-state index in [0.29, 0.717) is 17.0 Å². The van der Waals surface area contributed by atoms with Crippen molar-refractivity contribution >= 4 is 17.0 Å². The molecule has 0 saturated heterocycles. The van der Waals surface area contributed by atoms with Crippen LogP contribution in [0.1, 0.15) is 0 Å². The molecule has 0 amide bonds. The third-order valence-corrected chi connectivity index (χ3v) is 1.07. The van der Waals surface area contributed by atoms with E-state index in [9.17, 15) is 0 Å². The van der Waals surface area contributed by atoms with Crippen LogP contribution in [0, 0.1) is 0 Å². The topological polar surface area (TPSA) is 96.3 Å². The van der Waals surface area contributed by atoms with E-state index in [0.717, 1.165) is 0 Å². The van der Waals surface area contributed by atoms with Crippen molar-refractivity contribution in [1.82, 2.24) is 25.6 Å². The molecule has 0 atom stereocenters. The van der Waals surface area contributed by atoms with Gasteiger partial charge in [0.25, 0.3) is 0 Å². The lowest BCUT2D eigenvalue weighted by Gasteiger charge is -1.72. The molecule has 0 aliphatic rings. The lowest BCUT2D eigenvalue weighted by molar-refractivity contribution is 0.936.